The van der Waals surface area contributed by atoms with E-state index in [1.165, 1.54) is 0 Å². The van der Waals surface area contributed by atoms with E-state index < -0.39 is 0 Å². The van der Waals surface area contributed by atoms with Crippen molar-refractivity contribution in [3.8, 4) is 0 Å². The van der Waals surface area contributed by atoms with Crippen LogP contribution in [-0.4, -0.2) is 51.8 Å². The molecule has 9 heteroatoms. The van der Waals surface area contributed by atoms with Crippen molar-refractivity contribution in [3.63, 3.8) is 0 Å². The second kappa shape index (κ2) is 8.61. The van der Waals surface area contributed by atoms with Gasteiger partial charge in [-0.15, -0.1) is 0 Å². The fraction of sp³-hybridized carbons (Fsp3) is 0.500. The first-order chi connectivity index (χ1) is 15.0. The molecule has 0 saturated carbocycles. The van der Waals surface area contributed by atoms with Gasteiger partial charge >= 0.3 is 0 Å². The molecule has 1 amide bonds. The summed E-state index contributed by atoms with van der Waals surface area (Å²) in [6.45, 7) is 5.45. The molecule has 3 aliphatic heterocycles. The zero-order valence-corrected chi connectivity index (χ0v) is 19.9. The monoisotopic (exact) mass is 536 g/mol. The van der Waals surface area contributed by atoms with Crippen molar-refractivity contribution in [3.05, 3.63) is 59.2 Å². The average Bonchev–Trinajstić information content (AvgIpc) is 3.27. The molecule has 0 bridgehead atoms. The highest BCUT2D eigenvalue weighted by Gasteiger charge is 2.46. The Morgan fingerprint density at radius 2 is 2.16 bits per heavy atom. The van der Waals surface area contributed by atoms with E-state index in [9.17, 15) is 4.79 Å². The maximum Gasteiger partial charge on any atom is 0.237 e. The van der Waals surface area contributed by atoms with Crippen LogP contribution in [-0.2, 0) is 9.53 Å². The first-order valence-corrected chi connectivity index (χ1v) is 11.9. The summed E-state index contributed by atoms with van der Waals surface area (Å²) in [5.41, 5.74) is 3.06. The molecule has 2 aliphatic carbocycles. The molecular weight excluding hydrogens is 507 g/mol. The second-order valence-corrected chi connectivity index (χ2v) is 9.63. The fourth-order valence-electron chi connectivity index (χ4n) is 4.88. The zero-order valence-electron chi connectivity index (χ0n) is 17.8. The third-order valence-electron chi connectivity index (χ3n) is 6.43. The number of hydrogen-bond acceptors (Lipinski definition) is 7. The van der Waals surface area contributed by atoms with E-state index in [1.807, 2.05) is 30.9 Å². The van der Waals surface area contributed by atoms with Gasteiger partial charge in [-0.3, -0.25) is 23.4 Å². The minimum Gasteiger partial charge on any atom is -0.365 e. The largest absolute Gasteiger partial charge is 0.365 e. The lowest BCUT2D eigenvalue weighted by Crippen LogP contribution is -2.66. The summed E-state index contributed by atoms with van der Waals surface area (Å²) in [5, 5.41) is 13.9. The molecule has 0 aromatic heterocycles. The number of carbonyl (C=O) groups excluding carboxylic acids is 1. The predicted molar refractivity (Wildman–Crippen MR) is 127 cm³/mol. The summed E-state index contributed by atoms with van der Waals surface area (Å²) < 4.78 is 8.61. The van der Waals surface area contributed by atoms with Gasteiger partial charge in [-0.2, -0.15) is 0 Å². The summed E-state index contributed by atoms with van der Waals surface area (Å²) in [6.07, 6.45) is 13.7. The number of allylic oxidation sites excluding steroid dienone is 5. The number of nitrogens with zero attached hydrogens (tertiary/aromatic N) is 2. The molecule has 31 heavy (non-hydrogen) atoms. The minimum absolute atomic E-state index is 0.0248. The van der Waals surface area contributed by atoms with E-state index in [0.717, 1.165) is 35.6 Å². The van der Waals surface area contributed by atoms with Gasteiger partial charge in [0.05, 0.1) is 53.9 Å². The predicted octanol–water partition coefficient (Wildman–Crippen LogP) is 1.74. The standard InChI is InChI=1S/C22H29IN6O2/c1-13-7-6-10-16-17(13)22(30)29(15-8-4-3-5-9-15)19(27-16)14(2)31-21-18-20(25-11-24-18)28(23)12-26-21/h4,6-10,14,16-17,19,21,24-27H,3,5,11-12H2,1-2H3. The lowest BCUT2D eigenvalue weighted by molar-refractivity contribution is -0.146. The molecule has 1 fully saturated rings. The van der Waals surface area contributed by atoms with Crippen LogP contribution < -0.4 is 21.3 Å². The maximum atomic E-state index is 13.7. The quantitative estimate of drug-likeness (QED) is 0.322. The summed E-state index contributed by atoms with van der Waals surface area (Å²) in [4.78, 5) is 15.6. The molecule has 3 heterocycles. The van der Waals surface area contributed by atoms with Crippen molar-refractivity contribution in [2.75, 3.05) is 13.3 Å². The number of halogens is 1. The topological polar surface area (TPSA) is 80.9 Å². The van der Waals surface area contributed by atoms with Crippen molar-refractivity contribution >= 4 is 28.8 Å². The van der Waals surface area contributed by atoms with Crippen LogP contribution in [0.2, 0.25) is 0 Å². The van der Waals surface area contributed by atoms with Gasteiger partial charge in [0.2, 0.25) is 5.91 Å². The Morgan fingerprint density at radius 1 is 1.29 bits per heavy atom. The Morgan fingerprint density at radius 3 is 2.97 bits per heavy atom. The molecular formula is C22H29IN6O2. The molecule has 0 aromatic carbocycles. The number of ether oxygens (including phenoxy) is 1. The Kier molecular flexibility index (Phi) is 5.84. The smallest absolute Gasteiger partial charge is 0.237 e. The van der Waals surface area contributed by atoms with Gasteiger partial charge in [-0.05, 0) is 32.8 Å². The highest BCUT2D eigenvalue weighted by Crippen LogP contribution is 2.33. The normalized spacial score (nSPS) is 33.3. The Hall–Kier alpha value is -1.82. The number of rotatable bonds is 4. The lowest BCUT2D eigenvalue weighted by Gasteiger charge is -2.48. The Balaban J connectivity index is 1.42. The van der Waals surface area contributed by atoms with Crippen molar-refractivity contribution in [1.29, 1.82) is 0 Å². The van der Waals surface area contributed by atoms with Crippen LogP contribution in [0.15, 0.2) is 59.2 Å². The first kappa shape index (κ1) is 21.0. The average molecular weight is 536 g/mol. The summed E-state index contributed by atoms with van der Waals surface area (Å²) in [7, 11) is 0. The van der Waals surface area contributed by atoms with Gasteiger partial charge in [-0.25, -0.2) is 0 Å². The number of fused-ring (bicyclic) bond motifs is 1. The summed E-state index contributed by atoms with van der Waals surface area (Å²) in [5.74, 6) is 1.01. The van der Waals surface area contributed by atoms with E-state index in [-0.39, 0.29) is 36.4 Å². The molecule has 1 saturated heterocycles. The number of nitrogens with one attached hydrogen (secondary N) is 4. The van der Waals surface area contributed by atoms with Crippen LogP contribution in [0.3, 0.4) is 0 Å². The molecule has 0 spiro atoms. The zero-order chi connectivity index (χ0) is 21.5. The number of carbonyl (C=O) groups is 1. The van der Waals surface area contributed by atoms with Gasteiger partial charge < -0.3 is 15.4 Å². The van der Waals surface area contributed by atoms with Gasteiger partial charge in [0.15, 0.2) is 6.23 Å². The van der Waals surface area contributed by atoms with Crippen molar-refractivity contribution in [1.82, 2.24) is 29.3 Å². The van der Waals surface area contributed by atoms with Gasteiger partial charge in [0.25, 0.3) is 0 Å². The van der Waals surface area contributed by atoms with Crippen LogP contribution in [0.5, 0.6) is 0 Å². The van der Waals surface area contributed by atoms with Gasteiger partial charge in [0, 0.05) is 11.7 Å². The fourth-order valence-corrected chi connectivity index (χ4v) is 5.51. The van der Waals surface area contributed by atoms with E-state index in [2.05, 4.69) is 71.5 Å². The number of amides is 1. The molecule has 166 valence electrons. The van der Waals surface area contributed by atoms with Crippen LogP contribution in [0.1, 0.15) is 26.7 Å². The van der Waals surface area contributed by atoms with Crippen LogP contribution in [0.25, 0.3) is 0 Å². The summed E-state index contributed by atoms with van der Waals surface area (Å²) >= 11 is 2.28. The maximum absolute atomic E-state index is 13.7. The van der Waals surface area contributed by atoms with Gasteiger partial charge in [-0.1, -0.05) is 36.0 Å². The third kappa shape index (κ3) is 3.81. The molecule has 0 radical (unpaired) electrons. The highest BCUT2D eigenvalue weighted by atomic mass is 127. The second-order valence-electron chi connectivity index (χ2n) is 8.47. The number of hydrogen-bond donors (Lipinski definition) is 4. The van der Waals surface area contributed by atoms with E-state index >= 15 is 0 Å². The molecule has 5 aliphatic rings. The summed E-state index contributed by atoms with van der Waals surface area (Å²) in [6, 6.07) is -0.0248. The van der Waals surface area contributed by atoms with Gasteiger partial charge in [0.1, 0.15) is 12.0 Å². The molecule has 5 atom stereocenters. The molecule has 8 nitrogen and oxygen atoms in total. The molecule has 4 N–H and O–H groups in total. The molecule has 5 unspecified atom stereocenters. The van der Waals surface area contributed by atoms with E-state index in [0.29, 0.717) is 13.3 Å². The van der Waals surface area contributed by atoms with Crippen molar-refractivity contribution in [2.24, 2.45) is 5.92 Å². The lowest BCUT2D eigenvalue weighted by atomic mass is 9.83. The minimum atomic E-state index is -0.267. The Labute approximate surface area is 197 Å². The van der Waals surface area contributed by atoms with Crippen LogP contribution in [0, 0.1) is 5.92 Å². The van der Waals surface area contributed by atoms with Crippen LogP contribution in [0.4, 0.5) is 0 Å². The molecule has 5 rings (SSSR count). The van der Waals surface area contributed by atoms with Crippen LogP contribution >= 0.6 is 22.9 Å². The first-order valence-electron chi connectivity index (χ1n) is 10.9. The highest BCUT2D eigenvalue weighted by molar-refractivity contribution is 14.1. The van der Waals surface area contributed by atoms with Crippen molar-refractivity contribution in [2.45, 2.75) is 51.2 Å². The van der Waals surface area contributed by atoms with Crippen molar-refractivity contribution < 1.29 is 9.53 Å². The Bertz CT molecular complexity index is 910. The van der Waals surface area contributed by atoms with E-state index in [4.69, 9.17) is 4.74 Å². The molecule has 0 aromatic rings. The SMILES string of the molecule is CC1=CC=CC2NC(C(C)OC3NCN(I)C4=C3NCN4)N(C3=CCCC=C3)C(=O)C12. The third-order valence-corrected chi connectivity index (χ3v) is 7.25. The van der Waals surface area contributed by atoms with E-state index in [1.54, 1.807) is 0 Å².